The molecule has 8 nitrogen and oxygen atoms in total. The summed E-state index contributed by atoms with van der Waals surface area (Å²) in [7, 11) is 1.55. The maximum Gasteiger partial charge on any atom is 0.407 e. The van der Waals surface area contributed by atoms with E-state index in [-0.39, 0.29) is 25.0 Å². The van der Waals surface area contributed by atoms with Crippen molar-refractivity contribution in [1.82, 2.24) is 10.2 Å². The predicted octanol–water partition coefficient (Wildman–Crippen LogP) is 3.40. The monoisotopic (exact) mass is 478 g/mol. The summed E-state index contributed by atoms with van der Waals surface area (Å²) < 4.78 is 11.1. The van der Waals surface area contributed by atoms with Crippen LogP contribution in [0.5, 0.6) is 0 Å². The third-order valence-corrected chi connectivity index (χ3v) is 7.89. The van der Waals surface area contributed by atoms with E-state index in [9.17, 15) is 19.5 Å². The van der Waals surface area contributed by atoms with E-state index >= 15 is 0 Å². The third kappa shape index (κ3) is 4.05. The first kappa shape index (κ1) is 23.4. The van der Waals surface area contributed by atoms with Gasteiger partial charge in [0.05, 0.1) is 5.41 Å². The van der Waals surface area contributed by atoms with Gasteiger partial charge in [-0.2, -0.15) is 0 Å². The number of rotatable bonds is 7. The minimum Gasteiger partial charge on any atom is -0.479 e. The van der Waals surface area contributed by atoms with Gasteiger partial charge >= 0.3 is 12.1 Å². The second-order valence-corrected chi connectivity index (χ2v) is 9.77. The van der Waals surface area contributed by atoms with Gasteiger partial charge in [-0.25, -0.2) is 9.59 Å². The van der Waals surface area contributed by atoms with Crippen LogP contribution in [0.15, 0.2) is 48.5 Å². The Labute approximate surface area is 204 Å². The molecule has 0 radical (unpaired) electrons. The van der Waals surface area contributed by atoms with Gasteiger partial charge in [0.25, 0.3) is 0 Å². The number of nitrogens with zero attached hydrogens (tertiary/aromatic N) is 1. The zero-order chi connectivity index (χ0) is 24.6. The van der Waals surface area contributed by atoms with E-state index in [1.54, 1.807) is 7.05 Å². The van der Waals surface area contributed by atoms with Gasteiger partial charge in [-0.15, -0.1) is 0 Å². The van der Waals surface area contributed by atoms with Gasteiger partial charge in [-0.3, -0.25) is 4.79 Å². The highest BCUT2D eigenvalue weighted by molar-refractivity contribution is 5.92. The lowest BCUT2D eigenvalue weighted by Crippen LogP contribution is -2.56. The van der Waals surface area contributed by atoms with E-state index < -0.39 is 23.0 Å². The minimum atomic E-state index is -1.13. The van der Waals surface area contributed by atoms with E-state index in [4.69, 9.17) is 9.47 Å². The largest absolute Gasteiger partial charge is 0.479 e. The number of hydrogen-bond donors (Lipinski definition) is 2. The van der Waals surface area contributed by atoms with Crippen LogP contribution in [0.25, 0.3) is 11.1 Å². The van der Waals surface area contributed by atoms with E-state index in [1.165, 1.54) is 4.90 Å². The average Bonchev–Trinajstić information content (AvgIpc) is 3.64. The number of carboxylic acids is 1. The molecule has 1 heterocycles. The van der Waals surface area contributed by atoms with Crippen LogP contribution >= 0.6 is 0 Å². The Kier molecular flexibility index (Phi) is 6.01. The molecule has 0 unspecified atom stereocenters. The third-order valence-electron chi connectivity index (χ3n) is 7.89. The number of likely N-dealkylation sites (N-methyl/N-ethyl adjacent to an activating group) is 1. The second kappa shape index (κ2) is 9.00. The molecule has 2 fully saturated rings. The summed E-state index contributed by atoms with van der Waals surface area (Å²) in [5.41, 5.74) is 2.51. The van der Waals surface area contributed by atoms with Gasteiger partial charge in [0.1, 0.15) is 12.1 Å². The molecule has 2 amide bonds. The first-order valence-corrected chi connectivity index (χ1v) is 12.1. The van der Waals surface area contributed by atoms with Crippen molar-refractivity contribution in [2.24, 2.45) is 5.41 Å². The molecule has 2 N–H and O–H groups in total. The first-order valence-electron chi connectivity index (χ1n) is 12.1. The molecular weight excluding hydrogens is 448 g/mol. The number of aliphatic carboxylic acids is 1. The molecule has 1 aliphatic heterocycles. The molecule has 0 spiro atoms. The molecule has 3 aliphatic rings. The SMILES string of the molecule is CN(C(=O)C1(CNC(=O)OCC2c3ccccc3-c3ccccc32)CCOCC1)C1(C(=O)O)CC1. The highest BCUT2D eigenvalue weighted by Crippen LogP contribution is 2.45. The highest BCUT2D eigenvalue weighted by atomic mass is 16.5. The number of carbonyl (C=O) groups excluding carboxylic acids is 2. The van der Waals surface area contributed by atoms with E-state index in [2.05, 4.69) is 29.6 Å². The van der Waals surface area contributed by atoms with Crippen molar-refractivity contribution in [3.05, 3.63) is 59.7 Å². The Morgan fingerprint density at radius 1 is 1.00 bits per heavy atom. The van der Waals surface area contributed by atoms with Crippen LogP contribution in [0.2, 0.25) is 0 Å². The summed E-state index contributed by atoms with van der Waals surface area (Å²) in [5.74, 6) is -1.30. The fraction of sp³-hybridized carbons (Fsp3) is 0.444. The van der Waals surface area contributed by atoms with Gasteiger partial charge in [-0.1, -0.05) is 48.5 Å². The van der Waals surface area contributed by atoms with E-state index in [0.29, 0.717) is 38.9 Å². The molecule has 1 saturated carbocycles. The summed E-state index contributed by atoms with van der Waals surface area (Å²) in [6, 6.07) is 16.2. The summed E-state index contributed by atoms with van der Waals surface area (Å²) in [6.07, 6.45) is 1.12. The number of fused-ring (bicyclic) bond motifs is 3. The normalized spacial score (nSPS) is 19.2. The second-order valence-electron chi connectivity index (χ2n) is 9.77. The Morgan fingerprint density at radius 3 is 2.11 bits per heavy atom. The van der Waals surface area contributed by atoms with Gasteiger partial charge in [-0.05, 0) is 47.9 Å². The van der Waals surface area contributed by atoms with Crippen LogP contribution in [-0.2, 0) is 19.1 Å². The summed E-state index contributed by atoms with van der Waals surface area (Å²) in [6.45, 7) is 1.02. The molecular formula is C27H30N2O6. The molecule has 1 saturated heterocycles. The van der Waals surface area contributed by atoms with Crippen molar-refractivity contribution in [3.8, 4) is 11.1 Å². The number of nitrogens with one attached hydrogen (secondary N) is 1. The zero-order valence-corrected chi connectivity index (χ0v) is 19.8. The van der Waals surface area contributed by atoms with Crippen LogP contribution in [-0.4, -0.2) is 66.9 Å². The minimum absolute atomic E-state index is 0.0525. The van der Waals surface area contributed by atoms with Crippen LogP contribution in [0.3, 0.4) is 0 Å². The molecule has 184 valence electrons. The molecule has 35 heavy (non-hydrogen) atoms. The summed E-state index contributed by atoms with van der Waals surface area (Å²) in [4.78, 5) is 39.3. The molecule has 0 atom stereocenters. The maximum absolute atomic E-state index is 13.5. The van der Waals surface area contributed by atoms with Gasteiger partial charge in [0, 0.05) is 32.7 Å². The number of hydrogen-bond acceptors (Lipinski definition) is 5. The summed E-state index contributed by atoms with van der Waals surface area (Å²) in [5, 5.41) is 12.4. The van der Waals surface area contributed by atoms with Crippen molar-refractivity contribution in [2.45, 2.75) is 37.1 Å². The van der Waals surface area contributed by atoms with Crippen molar-refractivity contribution in [1.29, 1.82) is 0 Å². The maximum atomic E-state index is 13.5. The van der Waals surface area contributed by atoms with Crippen molar-refractivity contribution < 1.29 is 29.0 Å². The van der Waals surface area contributed by atoms with Gasteiger partial charge in [0.2, 0.25) is 5.91 Å². The van der Waals surface area contributed by atoms with E-state index in [1.807, 2.05) is 24.3 Å². The predicted molar refractivity (Wildman–Crippen MR) is 128 cm³/mol. The van der Waals surface area contributed by atoms with Crippen LogP contribution in [0.1, 0.15) is 42.7 Å². The Balaban J connectivity index is 1.25. The molecule has 2 aliphatic carbocycles. The van der Waals surface area contributed by atoms with Gasteiger partial charge < -0.3 is 24.8 Å². The Morgan fingerprint density at radius 2 is 1.57 bits per heavy atom. The van der Waals surface area contributed by atoms with Crippen molar-refractivity contribution in [2.75, 3.05) is 33.4 Å². The number of amides is 2. The molecule has 0 aromatic heterocycles. The number of alkyl carbamates (subject to hydrolysis) is 1. The Bertz CT molecular complexity index is 1110. The summed E-state index contributed by atoms with van der Waals surface area (Å²) >= 11 is 0. The topological polar surface area (TPSA) is 105 Å². The molecule has 0 bridgehead atoms. The molecule has 8 heteroatoms. The fourth-order valence-corrected chi connectivity index (χ4v) is 5.48. The zero-order valence-electron chi connectivity index (χ0n) is 19.8. The van der Waals surface area contributed by atoms with E-state index in [0.717, 1.165) is 22.3 Å². The Hall–Kier alpha value is -3.39. The highest BCUT2D eigenvalue weighted by Gasteiger charge is 2.58. The standard InChI is InChI=1S/C27H30N2O6/c1-29(27(10-11-27)24(31)32)23(30)26(12-14-34-15-13-26)17-28-25(33)35-16-22-20-8-4-2-6-18(20)19-7-3-5-9-21(19)22/h2-9,22H,10-17H2,1H3,(H,28,33)(H,31,32). The number of ether oxygens (including phenoxy) is 2. The lowest BCUT2D eigenvalue weighted by Gasteiger charge is -2.40. The first-order chi connectivity index (χ1) is 16.9. The number of carboxylic acid groups (broad SMARTS) is 1. The lowest BCUT2D eigenvalue weighted by molar-refractivity contribution is -0.158. The number of carbonyl (C=O) groups is 3. The van der Waals surface area contributed by atoms with Crippen molar-refractivity contribution >= 4 is 18.0 Å². The number of benzene rings is 2. The molecule has 5 rings (SSSR count). The van der Waals surface area contributed by atoms with Crippen LogP contribution < -0.4 is 5.32 Å². The lowest BCUT2D eigenvalue weighted by atomic mass is 9.78. The van der Waals surface area contributed by atoms with Crippen LogP contribution in [0.4, 0.5) is 4.79 Å². The molecule has 2 aromatic carbocycles. The fourth-order valence-electron chi connectivity index (χ4n) is 5.48. The van der Waals surface area contributed by atoms with Gasteiger partial charge in [0.15, 0.2) is 0 Å². The molecule has 2 aromatic rings. The average molecular weight is 479 g/mol. The quantitative estimate of drug-likeness (QED) is 0.632. The smallest absolute Gasteiger partial charge is 0.407 e. The van der Waals surface area contributed by atoms with Crippen molar-refractivity contribution in [3.63, 3.8) is 0 Å². The van der Waals surface area contributed by atoms with Crippen LogP contribution in [0, 0.1) is 5.41 Å².